The number of likely N-dealkylation sites (tertiary alicyclic amines) is 1. The van der Waals surface area contributed by atoms with Gasteiger partial charge >= 0.3 is 6.09 Å². The van der Waals surface area contributed by atoms with Crippen molar-refractivity contribution in [2.45, 2.75) is 56.9 Å². The number of nitrogens with one attached hydrogen (secondary N) is 1. The number of carbonyl (C=O) groups excluding carboxylic acids is 2. The standard InChI is InChI=1S/C28H40N6O8S/c1-21-17-22(18-29)6-7-24(21)31-10-12-33(13-11-31)43(37,38)34-23-8-9-28(34,20-32(19-23)27(36)41-16-15-39-2)26(35)30-42-25-5-3-4-14-40-25/h6-7,17,23,25H,3-5,8-16,19-20H2,1-2H3,(H,30,35). The quantitative estimate of drug-likeness (QED) is 0.314. The maximum Gasteiger partial charge on any atom is 0.409 e. The number of ether oxygens (including phenoxy) is 3. The summed E-state index contributed by atoms with van der Waals surface area (Å²) in [6, 6.07) is 6.99. The third kappa shape index (κ3) is 6.45. The predicted molar refractivity (Wildman–Crippen MR) is 154 cm³/mol. The molecular formula is C28H40N6O8S. The number of piperazine rings is 2. The van der Waals surface area contributed by atoms with Crippen molar-refractivity contribution in [3.8, 4) is 6.07 Å². The Morgan fingerprint density at radius 2 is 1.95 bits per heavy atom. The Morgan fingerprint density at radius 3 is 2.63 bits per heavy atom. The molecule has 3 unspecified atom stereocenters. The molecule has 5 rings (SSSR count). The zero-order valence-electron chi connectivity index (χ0n) is 24.7. The predicted octanol–water partition coefficient (Wildman–Crippen LogP) is 1.11. The Hall–Kier alpha value is -3.00. The van der Waals surface area contributed by atoms with E-state index in [-0.39, 0.29) is 45.8 Å². The van der Waals surface area contributed by atoms with Crippen LogP contribution in [0.1, 0.15) is 43.2 Å². The van der Waals surface area contributed by atoms with Crippen LogP contribution in [-0.2, 0) is 34.1 Å². The van der Waals surface area contributed by atoms with Gasteiger partial charge in [0.05, 0.1) is 24.8 Å². The molecule has 43 heavy (non-hydrogen) atoms. The van der Waals surface area contributed by atoms with Crippen LogP contribution in [0, 0.1) is 18.3 Å². The van der Waals surface area contributed by atoms with Gasteiger partial charge in [-0.15, -0.1) is 0 Å². The molecule has 4 saturated heterocycles. The smallest absolute Gasteiger partial charge is 0.409 e. The largest absolute Gasteiger partial charge is 0.447 e. The second-order valence-corrected chi connectivity index (χ2v) is 13.2. The Morgan fingerprint density at radius 1 is 1.16 bits per heavy atom. The second-order valence-electron chi connectivity index (χ2n) is 11.4. The highest BCUT2D eigenvalue weighted by Crippen LogP contribution is 2.43. The van der Waals surface area contributed by atoms with E-state index in [1.54, 1.807) is 6.07 Å². The van der Waals surface area contributed by atoms with Gasteiger partial charge in [-0.25, -0.2) is 15.1 Å². The number of amides is 2. The molecule has 0 saturated carbocycles. The first-order valence-electron chi connectivity index (χ1n) is 14.7. The van der Waals surface area contributed by atoms with E-state index in [0.29, 0.717) is 38.1 Å². The highest BCUT2D eigenvalue weighted by Gasteiger charge is 2.62. The molecule has 0 aromatic heterocycles. The second kappa shape index (κ2) is 13.3. The lowest BCUT2D eigenvalue weighted by molar-refractivity contribution is -0.205. The van der Waals surface area contributed by atoms with E-state index in [9.17, 15) is 23.3 Å². The maximum atomic E-state index is 14.3. The molecule has 1 aromatic rings. The molecule has 0 aliphatic carbocycles. The van der Waals surface area contributed by atoms with Crippen LogP contribution >= 0.6 is 0 Å². The van der Waals surface area contributed by atoms with Crippen LogP contribution < -0.4 is 10.4 Å². The first-order chi connectivity index (χ1) is 20.7. The summed E-state index contributed by atoms with van der Waals surface area (Å²) in [7, 11) is -2.62. The van der Waals surface area contributed by atoms with Crippen LogP contribution in [0.2, 0.25) is 0 Å². The minimum Gasteiger partial charge on any atom is -0.447 e. The number of hydroxylamine groups is 1. The molecule has 2 amide bonds. The molecule has 4 heterocycles. The van der Waals surface area contributed by atoms with Gasteiger partial charge in [-0.1, -0.05) is 0 Å². The number of anilines is 1. The van der Waals surface area contributed by atoms with Gasteiger partial charge in [0.25, 0.3) is 16.1 Å². The molecular weight excluding hydrogens is 580 g/mol. The maximum absolute atomic E-state index is 14.3. The number of fused-ring (bicyclic) bond motifs is 2. The molecule has 4 aliphatic heterocycles. The van der Waals surface area contributed by atoms with Gasteiger partial charge < -0.3 is 24.0 Å². The monoisotopic (exact) mass is 620 g/mol. The third-order valence-electron chi connectivity index (χ3n) is 8.62. The summed E-state index contributed by atoms with van der Waals surface area (Å²) in [5.41, 5.74) is 3.38. The van der Waals surface area contributed by atoms with Gasteiger partial charge in [0, 0.05) is 64.6 Å². The average Bonchev–Trinajstić information content (AvgIpc) is 3.28. The van der Waals surface area contributed by atoms with Crippen LogP contribution in [0.5, 0.6) is 0 Å². The van der Waals surface area contributed by atoms with Crippen LogP contribution in [0.25, 0.3) is 0 Å². The minimum atomic E-state index is -4.11. The summed E-state index contributed by atoms with van der Waals surface area (Å²) in [6.07, 6.45) is 1.80. The van der Waals surface area contributed by atoms with Crippen molar-refractivity contribution in [3.63, 3.8) is 0 Å². The molecule has 1 aromatic carbocycles. The van der Waals surface area contributed by atoms with E-state index >= 15 is 0 Å². The van der Waals surface area contributed by atoms with E-state index in [1.165, 1.54) is 20.6 Å². The van der Waals surface area contributed by atoms with Crippen LogP contribution in [0.3, 0.4) is 0 Å². The Bertz CT molecular complexity index is 1320. The molecule has 0 spiro atoms. The lowest BCUT2D eigenvalue weighted by atomic mass is 9.96. The van der Waals surface area contributed by atoms with Crippen molar-refractivity contribution in [2.24, 2.45) is 0 Å². The molecule has 1 N–H and O–H groups in total. The Labute approximate surface area is 252 Å². The van der Waals surface area contributed by atoms with E-state index in [2.05, 4.69) is 16.4 Å². The summed E-state index contributed by atoms with van der Waals surface area (Å²) < 4.78 is 47.2. The summed E-state index contributed by atoms with van der Waals surface area (Å²) in [4.78, 5) is 35.9. The first kappa shape index (κ1) is 31.4. The average molecular weight is 621 g/mol. The van der Waals surface area contributed by atoms with Gasteiger partial charge in [-0.2, -0.15) is 22.3 Å². The number of nitriles is 1. The topological polar surface area (TPSA) is 154 Å². The van der Waals surface area contributed by atoms with Crippen LogP contribution in [0.4, 0.5) is 10.5 Å². The van der Waals surface area contributed by atoms with Gasteiger partial charge in [0.1, 0.15) is 12.1 Å². The SMILES string of the molecule is COCCOC(=O)N1CC2CCC(C(=O)NOC3CCCCO3)(C1)N2S(=O)(=O)N1CCN(c2ccc(C#N)cc2C)CC1. The number of methoxy groups -OCH3 is 1. The van der Waals surface area contributed by atoms with Crippen LogP contribution in [0.15, 0.2) is 18.2 Å². The molecule has 14 nitrogen and oxygen atoms in total. The summed E-state index contributed by atoms with van der Waals surface area (Å²) in [5.74, 6) is -0.631. The van der Waals surface area contributed by atoms with Crippen molar-refractivity contribution >= 4 is 27.9 Å². The molecule has 0 radical (unpaired) electrons. The highest BCUT2D eigenvalue weighted by molar-refractivity contribution is 7.86. The number of nitrogens with zero attached hydrogens (tertiary/aromatic N) is 5. The van der Waals surface area contributed by atoms with Crippen molar-refractivity contribution < 1.29 is 37.1 Å². The van der Waals surface area contributed by atoms with Gasteiger partial charge in [-0.3, -0.25) is 4.79 Å². The zero-order valence-corrected chi connectivity index (χ0v) is 25.5. The summed E-state index contributed by atoms with van der Waals surface area (Å²) in [6.45, 7) is 3.99. The lowest BCUT2D eigenvalue weighted by Crippen LogP contribution is -2.71. The minimum absolute atomic E-state index is 0.0445. The number of benzene rings is 1. The number of rotatable bonds is 9. The van der Waals surface area contributed by atoms with Crippen LogP contribution in [-0.4, -0.2) is 118 Å². The zero-order chi connectivity index (χ0) is 30.6. The lowest BCUT2D eigenvalue weighted by Gasteiger charge is -2.48. The third-order valence-corrected chi connectivity index (χ3v) is 10.8. The first-order valence-corrected chi connectivity index (χ1v) is 16.1. The molecule has 4 aliphatic rings. The number of aryl methyl sites for hydroxylation is 1. The van der Waals surface area contributed by atoms with Gasteiger partial charge in [0.15, 0.2) is 6.29 Å². The van der Waals surface area contributed by atoms with E-state index in [0.717, 1.165) is 24.1 Å². The van der Waals surface area contributed by atoms with E-state index in [4.69, 9.17) is 19.0 Å². The van der Waals surface area contributed by atoms with Crippen molar-refractivity contribution in [2.75, 3.05) is 71.1 Å². The normalized spacial score (nSPS) is 26.6. The van der Waals surface area contributed by atoms with Crippen molar-refractivity contribution in [1.82, 2.24) is 19.0 Å². The van der Waals surface area contributed by atoms with E-state index < -0.39 is 40.1 Å². The fourth-order valence-electron chi connectivity index (χ4n) is 6.45. The Balaban J connectivity index is 1.34. The van der Waals surface area contributed by atoms with Crippen molar-refractivity contribution in [3.05, 3.63) is 29.3 Å². The number of hydrogen-bond donors (Lipinski definition) is 1. The number of carbonyl (C=O) groups is 2. The molecule has 236 valence electrons. The Kier molecular flexibility index (Phi) is 9.74. The molecule has 4 fully saturated rings. The van der Waals surface area contributed by atoms with Gasteiger partial charge in [-0.05, 0) is 56.4 Å². The fourth-order valence-corrected chi connectivity index (χ4v) is 8.55. The number of hydrogen-bond acceptors (Lipinski definition) is 10. The van der Waals surface area contributed by atoms with Gasteiger partial charge in [0.2, 0.25) is 0 Å². The van der Waals surface area contributed by atoms with Crippen molar-refractivity contribution in [1.29, 1.82) is 5.26 Å². The van der Waals surface area contributed by atoms with E-state index in [1.807, 2.05) is 19.1 Å². The summed E-state index contributed by atoms with van der Waals surface area (Å²) >= 11 is 0. The molecule has 2 bridgehead atoms. The highest BCUT2D eigenvalue weighted by atomic mass is 32.2. The fraction of sp³-hybridized carbons (Fsp3) is 0.679. The summed E-state index contributed by atoms with van der Waals surface area (Å²) in [5, 5.41) is 9.20. The molecule has 15 heteroatoms. The molecule has 3 atom stereocenters.